The van der Waals surface area contributed by atoms with Gasteiger partial charge in [0.15, 0.2) is 17.4 Å². The zero-order valence-electron chi connectivity index (χ0n) is 15.4. The van der Waals surface area contributed by atoms with Crippen molar-refractivity contribution in [3.8, 4) is 0 Å². The number of carbonyl (C=O) groups excluding carboxylic acids is 2. The van der Waals surface area contributed by atoms with Crippen LogP contribution < -0.4 is 10.2 Å². The average molecular weight is 395 g/mol. The van der Waals surface area contributed by atoms with Crippen LogP contribution in [0.1, 0.15) is 20.9 Å². The number of aromatic nitrogens is 2. The normalized spacial score (nSPS) is 14.0. The fourth-order valence-electron chi connectivity index (χ4n) is 3.08. The maximum atomic E-state index is 13.7. The minimum Gasteiger partial charge on any atom is -0.459 e. The van der Waals surface area contributed by atoms with E-state index < -0.39 is 11.7 Å². The highest BCUT2D eigenvalue weighted by Gasteiger charge is 2.24. The van der Waals surface area contributed by atoms with Crippen molar-refractivity contribution in [3.05, 3.63) is 71.9 Å². The zero-order chi connectivity index (χ0) is 20.2. The number of rotatable bonds is 4. The molecule has 1 fully saturated rings. The number of anilines is 2. The van der Waals surface area contributed by atoms with E-state index in [9.17, 15) is 14.0 Å². The predicted molar refractivity (Wildman–Crippen MR) is 103 cm³/mol. The largest absolute Gasteiger partial charge is 0.459 e. The first kappa shape index (κ1) is 18.6. The number of hydrogen-bond acceptors (Lipinski definition) is 6. The predicted octanol–water partition coefficient (Wildman–Crippen LogP) is 2.42. The fourth-order valence-corrected chi connectivity index (χ4v) is 3.08. The summed E-state index contributed by atoms with van der Waals surface area (Å²) in [6, 6.07) is 12.4. The number of nitrogens with zero attached hydrogens (tertiary/aromatic N) is 4. The molecule has 0 atom stereocenters. The van der Waals surface area contributed by atoms with E-state index in [1.54, 1.807) is 35.2 Å². The summed E-state index contributed by atoms with van der Waals surface area (Å²) in [6.07, 6.45) is 1.48. The number of halogens is 1. The Balaban J connectivity index is 1.35. The SMILES string of the molecule is O=C(Nc1ccc(N2CCN(C(=O)c3ccco3)CC2)nn1)c1ccccc1F. The third kappa shape index (κ3) is 4.08. The summed E-state index contributed by atoms with van der Waals surface area (Å²) in [5.41, 5.74) is -0.0595. The standard InChI is InChI=1S/C20H18FN5O3/c21-15-5-2-1-4-14(15)19(27)22-17-7-8-18(24-23-17)25-9-11-26(12-10-25)20(28)16-6-3-13-29-16/h1-8,13H,9-12H2,(H,22,23,27). The molecule has 3 aromatic rings. The van der Waals surface area contributed by atoms with Crippen LogP contribution in [-0.2, 0) is 0 Å². The zero-order valence-corrected chi connectivity index (χ0v) is 15.4. The molecule has 148 valence electrons. The first-order chi connectivity index (χ1) is 14.1. The van der Waals surface area contributed by atoms with Gasteiger partial charge in [-0.05, 0) is 36.4 Å². The molecule has 3 heterocycles. The lowest BCUT2D eigenvalue weighted by Crippen LogP contribution is -2.49. The number of benzene rings is 1. The third-order valence-corrected chi connectivity index (χ3v) is 4.63. The Bertz CT molecular complexity index is 999. The van der Waals surface area contributed by atoms with Crippen molar-refractivity contribution < 1.29 is 18.4 Å². The summed E-state index contributed by atoms with van der Waals surface area (Å²) in [4.78, 5) is 28.2. The van der Waals surface area contributed by atoms with Gasteiger partial charge in [0.1, 0.15) is 5.82 Å². The molecule has 2 amide bonds. The molecule has 1 aliphatic heterocycles. The quantitative estimate of drug-likeness (QED) is 0.730. The molecule has 1 N–H and O–H groups in total. The highest BCUT2D eigenvalue weighted by atomic mass is 19.1. The average Bonchev–Trinajstić information content (AvgIpc) is 3.29. The molecular formula is C20H18FN5O3. The Hall–Kier alpha value is -3.75. The van der Waals surface area contributed by atoms with Crippen LogP contribution in [0.25, 0.3) is 0 Å². The summed E-state index contributed by atoms with van der Waals surface area (Å²) in [7, 11) is 0. The first-order valence-electron chi connectivity index (χ1n) is 9.09. The van der Waals surface area contributed by atoms with Crippen molar-refractivity contribution in [2.75, 3.05) is 36.4 Å². The monoisotopic (exact) mass is 395 g/mol. The Morgan fingerprint density at radius 2 is 1.76 bits per heavy atom. The van der Waals surface area contributed by atoms with E-state index in [0.29, 0.717) is 37.8 Å². The van der Waals surface area contributed by atoms with Gasteiger partial charge < -0.3 is 19.5 Å². The first-order valence-corrected chi connectivity index (χ1v) is 9.09. The number of carbonyl (C=O) groups is 2. The molecule has 29 heavy (non-hydrogen) atoms. The maximum Gasteiger partial charge on any atom is 0.289 e. The molecule has 9 heteroatoms. The van der Waals surface area contributed by atoms with Crippen LogP contribution in [0, 0.1) is 5.82 Å². The van der Waals surface area contributed by atoms with Crippen LogP contribution in [0.15, 0.2) is 59.2 Å². The molecule has 8 nitrogen and oxygen atoms in total. The van der Waals surface area contributed by atoms with Crippen molar-refractivity contribution in [3.63, 3.8) is 0 Å². The second-order valence-corrected chi connectivity index (χ2v) is 6.47. The number of furan rings is 1. The summed E-state index contributed by atoms with van der Waals surface area (Å²) >= 11 is 0. The Morgan fingerprint density at radius 3 is 2.41 bits per heavy atom. The fraction of sp³-hybridized carbons (Fsp3) is 0.200. The van der Waals surface area contributed by atoms with Crippen LogP contribution >= 0.6 is 0 Å². The highest BCUT2D eigenvalue weighted by molar-refractivity contribution is 6.03. The van der Waals surface area contributed by atoms with Gasteiger partial charge in [0.25, 0.3) is 11.8 Å². The Kier molecular flexibility index (Phi) is 5.19. The Morgan fingerprint density at radius 1 is 0.966 bits per heavy atom. The van der Waals surface area contributed by atoms with E-state index in [4.69, 9.17) is 4.42 Å². The Labute approximate surface area is 165 Å². The molecule has 0 saturated carbocycles. The van der Waals surface area contributed by atoms with Crippen LogP contribution in [0.5, 0.6) is 0 Å². The van der Waals surface area contributed by atoms with Crippen molar-refractivity contribution >= 4 is 23.5 Å². The van der Waals surface area contributed by atoms with Gasteiger partial charge in [0.2, 0.25) is 0 Å². The molecule has 1 saturated heterocycles. The third-order valence-electron chi connectivity index (χ3n) is 4.63. The van der Waals surface area contributed by atoms with E-state index in [1.165, 1.54) is 24.5 Å². The molecule has 0 aliphatic carbocycles. The van der Waals surface area contributed by atoms with Crippen LogP contribution in [0.4, 0.5) is 16.0 Å². The topological polar surface area (TPSA) is 91.6 Å². The summed E-state index contributed by atoms with van der Waals surface area (Å²) in [5.74, 6) is -0.125. The molecular weight excluding hydrogens is 377 g/mol. The summed E-state index contributed by atoms with van der Waals surface area (Å²) in [6.45, 7) is 2.27. The number of amides is 2. The number of hydrogen-bond donors (Lipinski definition) is 1. The molecule has 0 bridgehead atoms. The van der Waals surface area contributed by atoms with E-state index in [0.717, 1.165) is 0 Å². The van der Waals surface area contributed by atoms with Gasteiger partial charge in [-0.1, -0.05) is 12.1 Å². The maximum absolute atomic E-state index is 13.7. The van der Waals surface area contributed by atoms with E-state index in [-0.39, 0.29) is 17.3 Å². The van der Waals surface area contributed by atoms with Gasteiger partial charge in [-0.15, -0.1) is 10.2 Å². The lowest BCUT2D eigenvalue weighted by Gasteiger charge is -2.34. The number of nitrogens with one attached hydrogen (secondary N) is 1. The van der Waals surface area contributed by atoms with E-state index in [2.05, 4.69) is 15.5 Å². The minimum absolute atomic E-state index is 0.0595. The second-order valence-electron chi connectivity index (χ2n) is 6.47. The van der Waals surface area contributed by atoms with Gasteiger partial charge in [-0.2, -0.15) is 0 Å². The molecule has 4 rings (SSSR count). The van der Waals surface area contributed by atoms with Gasteiger partial charge in [-0.3, -0.25) is 9.59 Å². The van der Waals surface area contributed by atoms with Gasteiger partial charge in [-0.25, -0.2) is 4.39 Å². The lowest BCUT2D eigenvalue weighted by molar-refractivity contribution is 0.0714. The summed E-state index contributed by atoms with van der Waals surface area (Å²) < 4.78 is 18.8. The molecule has 0 spiro atoms. The molecule has 1 aliphatic rings. The van der Waals surface area contributed by atoms with Crippen molar-refractivity contribution in [1.82, 2.24) is 15.1 Å². The highest BCUT2D eigenvalue weighted by Crippen LogP contribution is 2.17. The van der Waals surface area contributed by atoms with Crippen LogP contribution in [-0.4, -0.2) is 53.1 Å². The van der Waals surface area contributed by atoms with Gasteiger partial charge in [0.05, 0.1) is 11.8 Å². The van der Waals surface area contributed by atoms with Gasteiger partial charge >= 0.3 is 0 Å². The minimum atomic E-state index is -0.600. The van der Waals surface area contributed by atoms with Crippen LogP contribution in [0.3, 0.4) is 0 Å². The van der Waals surface area contributed by atoms with Crippen LogP contribution in [0.2, 0.25) is 0 Å². The van der Waals surface area contributed by atoms with Crippen molar-refractivity contribution in [2.24, 2.45) is 0 Å². The summed E-state index contributed by atoms with van der Waals surface area (Å²) in [5, 5.41) is 10.7. The molecule has 0 unspecified atom stereocenters. The second kappa shape index (κ2) is 8.09. The van der Waals surface area contributed by atoms with Crippen molar-refractivity contribution in [2.45, 2.75) is 0 Å². The van der Waals surface area contributed by atoms with Gasteiger partial charge in [0, 0.05) is 26.2 Å². The molecule has 1 aromatic carbocycles. The van der Waals surface area contributed by atoms with Crippen molar-refractivity contribution in [1.29, 1.82) is 0 Å². The van der Waals surface area contributed by atoms with E-state index >= 15 is 0 Å². The smallest absolute Gasteiger partial charge is 0.289 e. The van der Waals surface area contributed by atoms with E-state index in [1.807, 2.05) is 4.90 Å². The number of piperazine rings is 1. The lowest BCUT2D eigenvalue weighted by atomic mass is 10.2. The molecule has 0 radical (unpaired) electrons. The molecule has 2 aromatic heterocycles.